The fourth-order valence-corrected chi connectivity index (χ4v) is 2.12. The Labute approximate surface area is 95.2 Å². The van der Waals surface area contributed by atoms with Crippen molar-refractivity contribution in [1.29, 1.82) is 0 Å². The van der Waals surface area contributed by atoms with Gasteiger partial charge < -0.3 is 15.7 Å². The van der Waals surface area contributed by atoms with Gasteiger partial charge in [-0.2, -0.15) is 11.8 Å². The number of amides is 1. The molecule has 1 heterocycles. The van der Waals surface area contributed by atoms with Gasteiger partial charge in [-0.05, 0) is 31.3 Å². The lowest BCUT2D eigenvalue weighted by Gasteiger charge is -2.10. The minimum Gasteiger partial charge on any atom is -0.392 e. The van der Waals surface area contributed by atoms with E-state index >= 15 is 0 Å². The van der Waals surface area contributed by atoms with E-state index in [-0.39, 0.29) is 18.1 Å². The molecule has 0 aromatic heterocycles. The number of aliphatic hydroxyl groups excluding tert-OH is 1. The predicted octanol–water partition coefficient (Wildman–Crippen LogP) is -0.0314. The molecule has 1 rings (SSSR count). The number of rotatable bonds is 6. The Hall–Kier alpha value is -0.260. The van der Waals surface area contributed by atoms with E-state index in [0.29, 0.717) is 13.0 Å². The molecule has 1 aliphatic rings. The molecular weight excluding hydrogens is 212 g/mol. The number of thioether (sulfide) groups is 1. The second-order valence-electron chi connectivity index (χ2n) is 3.84. The van der Waals surface area contributed by atoms with Crippen LogP contribution in [0, 0.1) is 0 Å². The average molecular weight is 232 g/mol. The first-order valence-corrected chi connectivity index (χ1v) is 6.81. The van der Waals surface area contributed by atoms with Gasteiger partial charge in [0.2, 0.25) is 5.91 Å². The molecule has 5 heteroatoms. The molecule has 2 atom stereocenters. The molecule has 0 spiro atoms. The highest BCUT2D eigenvalue weighted by atomic mass is 32.2. The number of aliphatic hydroxyl groups is 1. The van der Waals surface area contributed by atoms with Gasteiger partial charge >= 0.3 is 0 Å². The van der Waals surface area contributed by atoms with Gasteiger partial charge in [-0.25, -0.2) is 0 Å². The molecule has 1 aliphatic heterocycles. The maximum absolute atomic E-state index is 11.5. The van der Waals surface area contributed by atoms with Crippen molar-refractivity contribution >= 4 is 17.7 Å². The minimum atomic E-state index is -0.364. The predicted molar refractivity (Wildman–Crippen MR) is 63.0 cm³/mol. The Morgan fingerprint density at radius 2 is 2.40 bits per heavy atom. The first-order chi connectivity index (χ1) is 7.24. The SMILES string of the molecule is CSCCCCNC(=O)C1CC(O)CN1. The number of carbonyl (C=O) groups excluding carboxylic acids is 1. The lowest BCUT2D eigenvalue weighted by Crippen LogP contribution is -2.40. The van der Waals surface area contributed by atoms with Gasteiger partial charge in [-0.1, -0.05) is 0 Å². The number of unbranched alkanes of at least 4 members (excludes halogenated alkanes) is 1. The summed E-state index contributed by atoms with van der Waals surface area (Å²) in [7, 11) is 0. The molecule has 4 nitrogen and oxygen atoms in total. The Kier molecular flexibility index (Phi) is 6.05. The summed E-state index contributed by atoms with van der Waals surface area (Å²) in [6.45, 7) is 1.28. The number of carbonyl (C=O) groups is 1. The number of β-amino-alcohol motifs (C(OH)–C–C–N with tert-alkyl or cyclic N) is 1. The zero-order valence-corrected chi connectivity index (χ0v) is 9.98. The Bertz CT molecular complexity index is 202. The maximum Gasteiger partial charge on any atom is 0.237 e. The smallest absolute Gasteiger partial charge is 0.237 e. The molecule has 0 aliphatic carbocycles. The number of nitrogens with one attached hydrogen (secondary N) is 2. The summed E-state index contributed by atoms with van der Waals surface area (Å²) in [5.41, 5.74) is 0. The third-order valence-electron chi connectivity index (χ3n) is 2.50. The van der Waals surface area contributed by atoms with Gasteiger partial charge in [0.15, 0.2) is 0 Å². The highest BCUT2D eigenvalue weighted by molar-refractivity contribution is 7.98. The molecule has 0 aromatic carbocycles. The van der Waals surface area contributed by atoms with Gasteiger partial charge in [-0.3, -0.25) is 4.79 Å². The molecule has 2 unspecified atom stereocenters. The van der Waals surface area contributed by atoms with E-state index in [2.05, 4.69) is 16.9 Å². The maximum atomic E-state index is 11.5. The van der Waals surface area contributed by atoms with Crippen molar-refractivity contribution in [3.63, 3.8) is 0 Å². The van der Waals surface area contributed by atoms with Gasteiger partial charge in [0.25, 0.3) is 0 Å². The van der Waals surface area contributed by atoms with Crippen LogP contribution in [-0.2, 0) is 4.79 Å². The van der Waals surface area contributed by atoms with Crippen molar-refractivity contribution in [2.45, 2.75) is 31.4 Å². The van der Waals surface area contributed by atoms with Gasteiger partial charge in [0, 0.05) is 13.1 Å². The van der Waals surface area contributed by atoms with E-state index in [0.717, 1.165) is 25.1 Å². The molecule has 0 bridgehead atoms. The molecule has 0 saturated carbocycles. The lowest BCUT2D eigenvalue weighted by molar-refractivity contribution is -0.122. The van der Waals surface area contributed by atoms with E-state index in [1.807, 2.05) is 11.8 Å². The molecule has 0 radical (unpaired) electrons. The van der Waals surface area contributed by atoms with Crippen LogP contribution in [0.15, 0.2) is 0 Å². The lowest BCUT2D eigenvalue weighted by atomic mass is 10.2. The molecular formula is C10H20N2O2S. The molecule has 15 heavy (non-hydrogen) atoms. The van der Waals surface area contributed by atoms with E-state index in [4.69, 9.17) is 0 Å². The Morgan fingerprint density at radius 3 is 3.00 bits per heavy atom. The van der Waals surface area contributed by atoms with E-state index in [1.165, 1.54) is 0 Å². The molecule has 1 saturated heterocycles. The molecule has 1 amide bonds. The summed E-state index contributed by atoms with van der Waals surface area (Å²) in [6.07, 6.45) is 4.43. The van der Waals surface area contributed by atoms with Crippen LogP contribution in [0.3, 0.4) is 0 Å². The van der Waals surface area contributed by atoms with Crippen molar-refractivity contribution in [1.82, 2.24) is 10.6 Å². The van der Waals surface area contributed by atoms with Crippen LogP contribution in [0.4, 0.5) is 0 Å². The van der Waals surface area contributed by atoms with Crippen LogP contribution in [0.2, 0.25) is 0 Å². The first-order valence-electron chi connectivity index (χ1n) is 5.42. The van der Waals surface area contributed by atoms with Gasteiger partial charge in [-0.15, -0.1) is 0 Å². The molecule has 0 aromatic rings. The van der Waals surface area contributed by atoms with E-state index in [9.17, 15) is 9.90 Å². The van der Waals surface area contributed by atoms with Crippen molar-refractivity contribution in [2.24, 2.45) is 0 Å². The summed E-state index contributed by atoms with van der Waals surface area (Å²) in [5, 5.41) is 15.1. The van der Waals surface area contributed by atoms with Crippen LogP contribution < -0.4 is 10.6 Å². The first kappa shape index (κ1) is 12.8. The Morgan fingerprint density at radius 1 is 1.60 bits per heavy atom. The van der Waals surface area contributed by atoms with Crippen LogP contribution in [-0.4, -0.2) is 48.3 Å². The normalized spacial score (nSPS) is 25.5. The van der Waals surface area contributed by atoms with Crippen LogP contribution in [0.25, 0.3) is 0 Å². The molecule has 88 valence electrons. The standard InChI is InChI=1S/C10H20N2O2S/c1-15-5-3-2-4-11-10(14)9-6-8(13)7-12-9/h8-9,12-13H,2-7H2,1H3,(H,11,14). The highest BCUT2D eigenvalue weighted by Crippen LogP contribution is 2.06. The Balaban J connectivity index is 2.03. The zero-order chi connectivity index (χ0) is 11.1. The minimum absolute atomic E-state index is 0.0238. The fraction of sp³-hybridized carbons (Fsp3) is 0.900. The molecule has 3 N–H and O–H groups in total. The summed E-state index contributed by atoms with van der Waals surface area (Å²) < 4.78 is 0. The average Bonchev–Trinajstić information content (AvgIpc) is 2.64. The largest absolute Gasteiger partial charge is 0.392 e. The van der Waals surface area contributed by atoms with Gasteiger partial charge in [0.1, 0.15) is 0 Å². The van der Waals surface area contributed by atoms with Crippen molar-refractivity contribution in [2.75, 3.05) is 25.1 Å². The summed E-state index contributed by atoms with van der Waals surface area (Å²) in [5.74, 6) is 1.17. The number of hydrogen-bond acceptors (Lipinski definition) is 4. The van der Waals surface area contributed by atoms with E-state index in [1.54, 1.807) is 0 Å². The summed E-state index contributed by atoms with van der Waals surface area (Å²) in [4.78, 5) is 11.5. The topological polar surface area (TPSA) is 61.4 Å². The summed E-state index contributed by atoms with van der Waals surface area (Å²) >= 11 is 1.83. The molecule has 1 fully saturated rings. The van der Waals surface area contributed by atoms with Crippen molar-refractivity contribution in [3.8, 4) is 0 Å². The monoisotopic (exact) mass is 232 g/mol. The summed E-state index contributed by atoms with van der Waals surface area (Å²) in [6, 6.07) is -0.194. The van der Waals surface area contributed by atoms with Crippen LogP contribution in [0.5, 0.6) is 0 Å². The van der Waals surface area contributed by atoms with Crippen molar-refractivity contribution < 1.29 is 9.90 Å². The van der Waals surface area contributed by atoms with Crippen LogP contribution in [0.1, 0.15) is 19.3 Å². The highest BCUT2D eigenvalue weighted by Gasteiger charge is 2.27. The second kappa shape index (κ2) is 7.09. The van der Waals surface area contributed by atoms with Crippen LogP contribution >= 0.6 is 11.8 Å². The number of hydrogen-bond donors (Lipinski definition) is 3. The second-order valence-corrected chi connectivity index (χ2v) is 4.83. The van der Waals surface area contributed by atoms with E-state index < -0.39 is 0 Å². The van der Waals surface area contributed by atoms with Crippen molar-refractivity contribution in [3.05, 3.63) is 0 Å². The zero-order valence-electron chi connectivity index (χ0n) is 9.16. The van der Waals surface area contributed by atoms with Gasteiger partial charge in [0.05, 0.1) is 12.1 Å². The third-order valence-corrected chi connectivity index (χ3v) is 3.20. The fourth-order valence-electron chi connectivity index (χ4n) is 1.62. The third kappa shape index (κ3) is 4.86. The quantitative estimate of drug-likeness (QED) is 0.563.